The van der Waals surface area contributed by atoms with Crippen LogP contribution in [0, 0.1) is 6.92 Å². The maximum absolute atomic E-state index is 6.04. The Balaban J connectivity index is 1.48. The summed E-state index contributed by atoms with van der Waals surface area (Å²) in [5, 5.41) is 4.18. The normalized spacial score (nSPS) is 17.4. The van der Waals surface area contributed by atoms with Crippen LogP contribution in [0.15, 0.2) is 91.3 Å². The summed E-state index contributed by atoms with van der Waals surface area (Å²) in [6.07, 6.45) is 3.91. The summed E-state index contributed by atoms with van der Waals surface area (Å²) < 4.78 is 13.6. The SMILES string of the molecule is COCCn1cccc1[C@@H]1[C@H](c2ccccn2)NC(=S)N1c1ccc(Oc2ccc(C)cc2)cc1. The molecule has 2 aromatic carbocycles. The van der Waals surface area contributed by atoms with E-state index in [4.69, 9.17) is 21.7 Å². The Bertz CT molecular complexity index is 1270. The number of methoxy groups -OCH3 is 1. The van der Waals surface area contributed by atoms with Crippen molar-refractivity contribution in [2.45, 2.75) is 25.6 Å². The van der Waals surface area contributed by atoms with Gasteiger partial charge in [0.25, 0.3) is 0 Å². The van der Waals surface area contributed by atoms with Gasteiger partial charge in [-0.25, -0.2) is 0 Å². The van der Waals surface area contributed by atoms with E-state index in [1.54, 1.807) is 7.11 Å². The molecular weight excluding hydrogens is 456 g/mol. The number of ether oxygens (including phenoxy) is 2. The zero-order valence-corrected chi connectivity index (χ0v) is 20.6. The smallest absolute Gasteiger partial charge is 0.174 e. The van der Waals surface area contributed by atoms with E-state index in [1.165, 1.54) is 5.56 Å². The van der Waals surface area contributed by atoms with Crippen molar-refractivity contribution in [2.75, 3.05) is 18.6 Å². The lowest BCUT2D eigenvalue weighted by Crippen LogP contribution is -2.30. The van der Waals surface area contributed by atoms with E-state index in [0.717, 1.165) is 35.1 Å². The molecule has 1 saturated heterocycles. The van der Waals surface area contributed by atoms with E-state index in [1.807, 2.05) is 72.9 Å². The van der Waals surface area contributed by atoms with Gasteiger partial charge in [0.15, 0.2) is 5.11 Å². The fourth-order valence-corrected chi connectivity index (χ4v) is 4.79. The number of aromatic nitrogens is 2. The number of nitrogens with one attached hydrogen (secondary N) is 1. The Kier molecular flexibility index (Phi) is 6.79. The molecule has 4 aromatic rings. The molecule has 0 bridgehead atoms. The van der Waals surface area contributed by atoms with E-state index < -0.39 is 0 Å². The van der Waals surface area contributed by atoms with Gasteiger partial charge in [-0.05, 0) is 79.8 Å². The second-order valence-corrected chi connectivity index (χ2v) is 8.91. The minimum Gasteiger partial charge on any atom is -0.457 e. The molecule has 0 radical (unpaired) electrons. The molecule has 3 heterocycles. The standard InChI is InChI=1S/C28H28N4O2S/c1-20-8-12-22(13-9-20)34-23-14-10-21(11-15-23)32-27(25-7-5-17-31(25)18-19-33-2)26(30-28(32)35)24-6-3-4-16-29-24/h3-17,26-27H,18-19H2,1-2H3,(H,30,35)/t26-,27+/m0/s1. The fraction of sp³-hybridized carbons (Fsp3) is 0.214. The molecule has 178 valence electrons. The molecule has 2 atom stereocenters. The van der Waals surface area contributed by atoms with Crippen LogP contribution in [0.3, 0.4) is 0 Å². The van der Waals surface area contributed by atoms with Crippen molar-refractivity contribution in [2.24, 2.45) is 0 Å². The van der Waals surface area contributed by atoms with Gasteiger partial charge in [0, 0.05) is 37.4 Å². The second-order valence-electron chi connectivity index (χ2n) is 8.52. The molecule has 1 aliphatic rings. The second kappa shape index (κ2) is 10.3. The number of anilines is 1. The molecular formula is C28H28N4O2S. The van der Waals surface area contributed by atoms with Crippen LogP contribution in [-0.2, 0) is 11.3 Å². The Morgan fingerprint density at radius 1 is 0.943 bits per heavy atom. The molecule has 1 fully saturated rings. The summed E-state index contributed by atoms with van der Waals surface area (Å²) in [6.45, 7) is 3.45. The van der Waals surface area contributed by atoms with Crippen LogP contribution in [0.4, 0.5) is 5.69 Å². The number of hydrogen-bond donors (Lipinski definition) is 1. The summed E-state index contributed by atoms with van der Waals surface area (Å²) in [5.41, 5.74) is 4.28. The largest absolute Gasteiger partial charge is 0.457 e. The Hall–Kier alpha value is -3.68. The molecule has 0 unspecified atom stereocenters. The minimum atomic E-state index is -0.0941. The molecule has 6 nitrogen and oxygen atoms in total. The van der Waals surface area contributed by atoms with Crippen molar-refractivity contribution >= 4 is 23.0 Å². The van der Waals surface area contributed by atoms with Gasteiger partial charge < -0.3 is 24.3 Å². The average molecular weight is 485 g/mol. The predicted octanol–water partition coefficient (Wildman–Crippen LogP) is 5.81. The van der Waals surface area contributed by atoms with Crippen molar-refractivity contribution in [1.82, 2.24) is 14.9 Å². The Morgan fingerprint density at radius 3 is 2.37 bits per heavy atom. The third-order valence-electron chi connectivity index (χ3n) is 6.17. The van der Waals surface area contributed by atoms with E-state index in [-0.39, 0.29) is 12.1 Å². The first kappa shape index (κ1) is 23.1. The van der Waals surface area contributed by atoms with Gasteiger partial charge in [-0.1, -0.05) is 23.8 Å². The summed E-state index contributed by atoms with van der Waals surface area (Å²) >= 11 is 5.85. The van der Waals surface area contributed by atoms with Crippen LogP contribution in [-0.4, -0.2) is 28.4 Å². The lowest BCUT2D eigenvalue weighted by Gasteiger charge is -2.29. The summed E-state index contributed by atoms with van der Waals surface area (Å²) in [5.74, 6) is 1.59. The molecule has 7 heteroatoms. The van der Waals surface area contributed by atoms with Gasteiger partial charge in [0.05, 0.1) is 18.3 Å². The first-order valence-electron chi connectivity index (χ1n) is 11.6. The van der Waals surface area contributed by atoms with Crippen molar-refractivity contribution in [3.8, 4) is 11.5 Å². The van der Waals surface area contributed by atoms with Gasteiger partial charge in [0.2, 0.25) is 0 Å². The average Bonchev–Trinajstić information content (AvgIpc) is 3.49. The highest BCUT2D eigenvalue weighted by molar-refractivity contribution is 7.80. The molecule has 1 N–H and O–H groups in total. The van der Waals surface area contributed by atoms with E-state index in [9.17, 15) is 0 Å². The first-order valence-corrected chi connectivity index (χ1v) is 12.0. The van der Waals surface area contributed by atoms with Gasteiger partial charge in [-0.15, -0.1) is 0 Å². The number of benzene rings is 2. The Labute approximate surface area is 211 Å². The molecule has 0 spiro atoms. The monoisotopic (exact) mass is 484 g/mol. The van der Waals surface area contributed by atoms with Gasteiger partial charge in [0.1, 0.15) is 17.5 Å². The number of aryl methyl sites for hydroxylation is 1. The minimum absolute atomic E-state index is 0.0758. The van der Waals surface area contributed by atoms with Gasteiger partial charge in [-0.3, -0.25) is 4.98 Å². The summed E-state index contributed by atoms with van der Waals surface area (Å²) in [7, 11) is 1.72. The highest BCUT2D eigenvalue weighted by Crippen LogP contribution is 2.42. The van der Waals surface area contributed by atoms with E-state index in [0.29, 0.717) is 11.7 Å². The van der Waals surface area contributed by atoms with Crippen molar-refractivity contribution < 1.29 is 9.47 Å². The third-order valence-corrected chi connectivity index (χ3v) is 6.49. The van der Waals surface area contributed by atoms with Crippen LogP contribution in [0.1, 0.15) is 29.0 Å². The van der Waals surface area contributed by atoms with Crippen LogP contribution < -0.4 is 15.0 Å². The van der Waals surface area contributed by atoms with Crippen LogP contribution >= 0.6 is 12.2 Å². The molecule has 5 rings (SSSR count). The van der Waals surface area contributed by atoms with Crippen LogP contribution in [0.25, 0.3) is 0 Å². The molecule has 1 aliphatic heterocycles. The highest BCUT2D eigenvalue weighted by Gasteiger charge is 2.42. The predicted molar refractivity (Wildman–Crippen MR) is 142 cm³/mol. The lowest BCUT2D eigenvalue weighted by atomic mass is 10.0. The zero-order valence-electron chi connectivity index (χ0n) is 19.8. The van der Waals surface area contributed by atoms with E-state index >= 15 is 0 Å². The fourth-order valence-electron chi connectivity index (χ4n) is 4.44. The van der Waals surface area contributed by atoms with Crippen molar-refractivity contribution in [1.29, 1.82) is 0 Å². The maximum Gasteiger partial charge on any atom is 0.174 e. The molecule has 0 saturated carbocycles. The van der Waals surface area contributed by atoms with Gasteiger partial charge >= 0.3 is 0 Å². The summed E-state index contributed by atoms with van der Waals surface area (Å²) in [6, 6.07) is 26.1. The zero-order chi connectivity index (χ0) is 24.2. The molecule has 2 aromatic heterocycles. The number of thiocarbonyl (C=S) groups is 1. The Morgan fingerprint density at radius 2 is 1.69 bits per heavy atom. The first-order chi connectivity index (χ1) is 17.1. The van der Waals surface area contributed by atoms with Crippen LogP contribution in [0.2, 0.25) is 0 Å². The quantitative estimate of drug-likeness (QED) is 0.319. The number of pyridine rings is 1. The van der Waals surface area contributed by atoms with E-state index in [2.05, 4.69) is 45.0 Å². The number of hydrogen-bond acceptors (Lipinski definition) is 4. The molecule has 0 amide bonds. The summed E-state index contributed by atoms with van der Waals surface area (Å²) in [4.78, 5) is 6.81. The lowest BCUT2D eigenvalue weighted by molar-refractivity contribution is 0.186. The van der Waals surface area contributed by atoms with Crippen LogP contribution in [0.5, 0.6) is 11.5 Å². The van der Waals surface area contributed by atoms with Crippen molar-refractivity contribution in [3.63, 3.8) is 0 Å². The maximum atomic E-state index is 6.04. The van der Waals surface area contributed by atoms with Crippen molar-refractivity contribution in [3.05, 3.63) is 108 Å². The van der Waals surface area contributed by atoms with Gasteiger partial charge in [-0.2, -0.15) is 0 Å². The molecule has 35 heavy (non-hydrogen) atoms. The number of rotatable bonds is 8. The number of nitrogens with zero attached hydrogens (tertiary/aromatic N) is 3. The molecule has 0 aliphatic carbocycles. The highest BCUT2D eigenvalue weighted by atomic mass is 32.1. The third kappa shape index (κ3) is 4.92. The topological polar surface area (TPSA) is 51.5 Å².